The molecular weight excluding hydrogens is 256 g/mol. The number of hydrogen-bond acceptors (Lipinski definition) is 1. The van der Waals surface area contributed by atoms with Gasteiger partial charge in [0.25, 0.3) is 0 Å². The zero-order chi connectivity index (χ0) is 15.5. The third-order valence-electron chi connectivity index (χ3n) is 7.01. The second kappa shape index (κ2) is 4.47. The fourth-order valence-corrected chi connectivity index (χ4v) is 5.91. The molecule has 0 spiro atoms. The topological polar surface area (TPSA) is 9.23 Å². The zero-order valence-electron chi connectivity index (χ0n) is 14.5. The SMILES string of the molecule is C=C[C@]1(C)CC[C@@H]2[C@@]3(C)CCCC(C)(C)[C@@H]3C=C[C@@]2(C)O1. The van der Waals surface area contributed by atoms with E-state index in [1.165, 1.54) is 25.7 Å². The Hall–Kier alpha value is -0.560. The third kappa shape index (κ3) is 2.15. The van der Waals surface area contributed by atoms with Crippen LogP contribution in [0.4, 0.5) is 0 Å². The van der Waals surface area contributed by atoms with E-state index in [-0.39, 0.29) is 11.2 Å². The van der Waals surface area contributed by atoms with Gasteiger partial charge < -0.3 is 4.74 Å². The van der Waals surface area contributed by atoms with Crippen molar-refractivity contribution in [3.8, 4) is 0 Å². The summed E-state index contributed by atoms with van der Waals surface area (Å²) in [7, 11) is 0. The molecule has 2 aliphatic carbocycles. The van der Waals surface area contributed by atoms with Gasteiger partial charge >= 0.3 is 0 Å². The van der Waals surface area contributed by atoms with Gasteiger partial charge in [0, 0.05) is 0 Å². The van der Waals surface area contributed by atoms with Crippen molar-refractivity contribution in [2.75, 3.05) is 0 Å². The molecule has 0 radical (unpaired) electrons. The van der Waals surface area contributed by atoms with Gasteiger partial charge in [-0.15, -0.1) is 6.58 Å². The lowest BCUT2D eigenvalue weighted by Gasteiger charge is -2.62. The van der Waals surface area contributed by atoms with Crippen molar-refractivity contribution in [2.24, 2.45) is 22.7 Å². The van der Waals surface area contributed by atoms with Crippen LogP contribution in [-0.4, -0.2) is 11.2 Å². The van der Waals surface area contributed by atoms with Crippen LogP contribution >= 0.6 is 0 Å². The van der Waals surface area contributed by atoms with Crippen LogP contribution in [0.3, 0.4) is 0 Å². The first kappa shape index (κ1) is 15.3. The van der Waals surface area contributed by atoms with Crippen LogP contribution in [0.5, 0.6) is 0 Å². The molecular formula is C20H32O. The van der Waals surface area contributed by atoms with Gasteiger partial charge in [-0.05, 0) is 62.2 Å². The zero-order valence-corrected chi connectivity index (χ0v) is 14.5. The maximum atomic E-state index is 6.59. The second-order valence-electron chi connectivity index (χ2n) is 9.08. The van der Waals surface area contributed by atoms with Crippen LogP contribution in [0.25, 0.3) is 0 Å². The molecule has 0 N–H and O–H groups in total. The summed E-state index contributed by atoms with van der Waals surface area (Å²) in [5.41, 5.74) is 0.514. The molecule has 1 heteroatoms. The summed E-state index contributed by atoms with van der Waals surface area (Å²) in [6.45, 7) is 15.9. The molecule has 1 heterocycles. The molecule has 0 aromatic carbocycles. The lowest BCUT2D eigenvalue weighted by atomic mass is 9.46. The fraction of sp³-hybridized carbons (Fsp3) is 0.800. The minimum absolute atomic E-state index is 0.125. The maximum absolute atomic E-state index is 6.59. The van der Waals surface area contributed by atoms with E-state index in [2.05, 4.69) is 53.3 Å². The smallest absolute Gasteiger partial charge is 0.0879 e. The van der Waals surface area contributed by atoms with E-state index in [0.29, 0.717) is 22.7 Å². The molecule has 2 fully saturated rings. The van der Waals surface area contributed by atoms with E-state index >= 15 is 0 Å². The minimum atomic E-state index is -0.164. The highest BCUT2D eigenvalue weighted by Gasteiger charge is 2.59. The minimum Gasteiger partial charge on any atom is -0.361 e. The number of hydrogen-bond donors (Lipinski definition) is 0. The molecule has 1 saturated carbocycles. The predicted molar refractivity (Wildman–Crippen MR) is 89.2 cm³/mol. The van der Waals surface area contributed by atoms with E-state index in [1.807, 2.05) is 6.08 Å². The lowest BCUT2D eigenvalue weighted by Crippen LogP contribution is -2.60. The highest BCUT2D eigenvalue weighted by atomic mass is 16.5. The molecule has 0 aromatic heterocycles. The molecule has 1 aliphatic heterocycles. The summed E-state index contributed by atoms with van der Waals surface area (Å²) in [4.78, 5) is 0. The molecule has 3 rings (SSSR count). The van der Waals surface area contributed by atoms with Gasteiger partial charge in [-0.2, -0.15) is 0 Å². The largest absolute Gasteiger partial charge is 0.361 e. The standard InChI is InChI=1S/C20H32O/c1-7-18(4)13-9-16-19(5)12-8-11-17(2,3)15(19)10-14-20(16,6)21-18/h7,10,14-16H,1,8-9,11-13H2,2-6H3/t15-,16+,18+,19-,20+/m0/s1. The number of rotatable bonds is 1. The molecule has 1 saturated heterocycles. The van der Waals surface area contributed by atoms with Crippen molar-refractivity contribution in [1.82, 2.24) is 0 Å². The molecule has 5 atom stereocenters. The number of ether oxygens (including phenoxy) is 1. The maximum Gasteiger partial charge on any atom is 0.0879 e. The van der Waals surface area contributed by atoms with Gasteiger partial charge in [0.1, 0.15) is 0 Å². The molecule has 3 aliphatic rings. The molecule has 0 unspecified atom stereocenters. The van der Waals surface area contributed by atoms with Crippen molar-refractivity contribution >= 4 is 0 Å². The Morgan fingerprint density at radius 2 is 1.81 bits per heavy atom. The van der Waals surface area contributed by atoms with Crippen LogP contribution in [0.1, 0.15) is 66.7 Å². The molecule has 1 nitrogen and oxygen atoms in total. The molecule has 0 aromatic rings. The molecule has 21 heavy (non-hydrogen) atoms. The van der Waals surface area contributed by atoms with Crippen LogP contribution < -0.4 is 0 Å². The van der Waals surface area contributed by atoms with E-state index in [4.69, 9.17) is 4.74 Å². The summed E-state index contributed by atoms with van der Waals surface area (Å²) in [6.07, 6.45) is 13.3. The quantitative estimate of drug-likeness (QED) is 0.577. The van der Waals surface area contributed by atoms with Crippen molar-refractivity contribution in [1.29, 1.82) is 0 Å². The van der Waals surface area contributed by atoms with Crippen molar-refractivity contribution < 1.29 is 4.74 Å². The summed E-state index contributed by atoms with van der Waals surface area (Å²) in [6, 6.07) is 0. The Labute approximate surface area is 130 Å². The molecule has 0 bridgehead atoms. The van der Waals surface area contributed by atoms with Gasteiger partial charge in [0.15, 0.2) is 0 Å². The van der Waals surface area contributed by atoms with Gasteiger partial charge in [-0.3, -0.25) is 0 Å². The van der Waals surface area contributed by atoms with Crippen LogP contribution in [0.15, 0.2) is 24.8 Å². The van der Waals surface area contributed by atoms with E-state index < -0.39 is 0 Å². The average molecular weight is 288 g/mol. The first-order valence-electron chi connectivity index (χ1n) is 8.68. The third-order valence-corrected chi connectivity index (χ3v) is 7.01. The average Bonchev–Trinajstić information content (AvgIpc) is 2.36. The Morgan fingerprint density at radius 3 is 2.48 bits per heavy atom. The normalized spacial score (nSPS) is 51.9. The van der Waals surface area contributed by atoms with E-state index in [0.717, 1.165) is 6.42 Å². The Morgan fingerprint density at radius 1 is 1.10 bits per heavy atom. The first-order chi connectivity index (χ1) is 9.65. The van der Waals surface area contributed by atoms with Gasteiger partial charge in [0.05, 0.1) is 11.2 Å². The van der Waals surface area contributed by atoms with Crippen LogP contribution in [0.2, 0.25) is 0 Å². The highest BCUT2D eigenvalue weighted by Crippen LogP contribution is 2.63. The monoisotopic (exact) mass is 288 g/mol. The highest BCUT2D eigenvalue weighted by molar-refractivity contribution is 5.23. The van der Waals surface area contributed by atoms with E-state index in [1.54, 1.807) is 0 Å². The Kier molecular flexibility index (Phi) is 3.27. The molecule has 0 amide bonds. The molecule has 118 valence electrons. The number of allylic oxidation sites excluding steroid dienone is 1. The van der Waals surface area contributed by atoms with Gasteiger partial charge in [-0.25, -0.2) is 0 Å². The van der Waals surface area contributed by atoms with Crippen LogP contribution in [0, 0.1) is 22.7 Å². The summed E-state index contributed by atoms with van der Waals surface area (Å²) < 4.78 is 6.59. The van der Waals surface area contributed by atoms with Crippen molar-refractivity contribution in [3.63, 3.8) is 0 Å². The van der Waals surface area contributed by atoms with Gasteiger partial charge in [0.2, 0.25) is 0 Å². The second-order valence-corrected chi connectivity index (χ2v) is 9.08. The number of fused-ring (bicyclic) bond motifs is 3. The summed E-state index contributed by atoms with van der Waals surface area (Å²) in [5.74, 6) is 1.32. The summed E-state index contributed by atoms with van der Waals surface area (Å²) in [5, 5.41) is 0. The first-order valence-corrected chi connectivity index (χ1v) is 8.68. The van der Waals surface area contributed by atoms with Crippen molar-refractivity contribution in [2.45, 2.75) is 77.9 Å². The summed E-state index contributed by atoms with van der Waals surface area (Å²) >= 11 is 0. The van der Waals surface area contributed by atoms with Crippen molar-refractivity contribution in [3.05, 3.63) is 24.8 Å². The van der Waals surface area contributed by atoms with Gasteiger partial charge in [-0.1, -0.05) is 45.4 Å². The van der Waals surface area contributed by atoms with E-state index in [9.17, 15) is 0 Å². The van der Waals surface area contributed by atoms with Crippen LogP contribution in [-0.2, 0) is 4.74 Å². The Balaban J connectivity index is 2.02. The lowest BCUT2D eigenvalue weighted by molar-refractivity contribution is -0.206. The Bertz CT molecular complexity index is 476. The predicted octanol–water partition coefficient (Wildman–Crippen LogP) is 5.52. The fourth-order valence-electron chi connectivity index (χ4n) is 5.91.